The van der Waals surface area contributed by atoms with Gasteiger partial charge in [0.1, 0.15) is 0 Å². The summed E-state index contributed by atoms with van der Waals surface area (Å²) in [6.45, 7) is 1.94. The molecule has 3 rings (SSSR count). The molecule has 2 aliphatic rings. The van der Waals surface area contributed by atoms with Gasteiger partial charge >= 0.3 is 0 Å². The van der Waals surface area contributed by atoms with Crippen LogP contribution >= 0.6 is 0 Å². The van der Waals surface area contributed by atoms with E-state index in [1.54, 1.807) is 24.3 Å². The minimum Gasteiger partial charge on any atom is -0.350 e. The first-order valence-electron chi connectivity index (χ1n) is 8.07. The molecule has 0 saturated carbocycles. The van der Waals surface area contributed by atoms with Crippen LogP contribution in [-0.4, -0.2) is 41.8 Å². The van der Waals surface area contributed by atoms with E-state index in [0.717, 1.165) is 24.9 Å². The number of carbonyl (C=O) groups is 3. The van der Waals surface area contributed by atoms with Gasteiger partial charge in [-0.25, -0.2) is 0 Å². The smallest absolute Gasteiger partial charge is 0.251 e. The third kappa shape index (κ3) is 3.76. The lowest BCUT2D eigenvalue weighted by molar-refractivity contribution is -0.139. The van der Waals surface area contributed by atoms with Crippen molar-refractivity contribution < 1.29 is 14.4 Å². The zero-order valence-corrected chi connectivity index (χ0v) is 13.0. The Morgan fingerprint density at radius 1 is 1.17 bits per heavy atom. The van der Waals surface area contributed by atoms with E-state index in [0.29, 0.717) is 31.0 Å². The first-order valence-corrected chi connectivity index (χ1v) is 8.07. The van der Waals surface area contributed by atoms with Crippen molar-refractivity contribution in [2.75, 3.05) is 13.1 Å². The second-order valence-corrected chi connectivity index (χ2v) is 6.07. The summed E-state index contributed by atoms with van der Waals surface area (Å²) in [6, 6.07) is 7.42. The second-order valence-electron chi connectivity index (χ2n) is 6.07. The largest absolute Gasteiger partial charge is 0.350 e. The summed E-state index contributed by atoms with van der Waals surface area (Å²) in [4.78, 5) is 36.6. The van der Waals surface area contributed by atoms with Gasteiger partial charge in [-0.15, -0.1) is 0 Å². The SMILES string of the molecule is O=C(NCC1CCCN1)c1ccc(CN2C(=O)CCC2=O)cc1. The fourth-order valence-corrected chi connectivity index (χ4v) is 2.99. The molecule has 6 heteroatoms. The van der Waals surface area contributed by atoms with Crippen molar-refractivity contribution >= 4 is 17.7 Å². The minimum atomic E-state index is -0.124. The quantitative estimate of drug-likeness (QED) is 0.789. The van der Waals surface area contributed by atoms with Gasteiger partial charge in [-0.1, -0.05) is 12.1 Å². The van der Waals surface area contributed by atoms with E-state index >= 15 is 0 Å². The van der Waals surface area contributed by atoms with Crippen molar-refractivity contribution in [3.63, 3.8) is 0 Å². The number of likely N-dealkylation sites (tertiary alicyclic amines) is 1. The number of amides is 3. The number of carbonyl (C=O) groups excluding carboxylic acids is 3. The van der Waals surface area contributed by atoms with Crippen LogP contribution in [0.15, 0.2) is 24.3 Å². The highest BCUT2D eigenvalue weighted by molar-refractivity contribution is 6.01. The van der Waals surface area contributed by atoms with Crippen LogP contribution in [0.4, 0.5) is 0 Å². The van der Waals surface area contributed by atoms with Crippen LogP contribution in [-0.2, 0) is 16.1 Å². The molecule has 6 nitrogen and oxygen atoms in total. The normalized spacial score (nSPS) is 21.0. The first kappa shape index (κ1) is 15.7. The van der Waals surface area contributed by atoms with Crippen LogP contribution in [0.25, 0.3) is 0 Å². The minimum absolute atomic E-state index is 0.0985. The Labute approximate surface area is 135 Å². The Morgan fingerprint density at radius 3 is 2.48 bits per heavy atom. The van der Waals surface area contributed by atoms with Gasteiger partial charge in [0.15, 0.2) is 0 Å². The number of hydrogen-bond donors (Lipinski definition) is 2. The van der Waals surface area contributed by atoms with E-state index in [4.69, 9.17) is 0 Å². The second kappa shape index (κ2) is 6.91. The molecule has 2 saturated heterocycles. The maximum absolute atomic E-state index is 12.1. The van der Waals surface area contributed by atoms with Crippen LogP contribution in [0, 0.1) is 0 Å². The van der Waals surface area contributed by atoms with Crippen LogP contribution in [0.5, 0.6) is 0 Å². The molecule has 1 aromatic carbocycles. The van der Waals surface area contributed by atoms with E-state index in [1.807, 2.05) is 0 Å². The van der Waals surface area contributed by atoms with Gasteiger partial charge in [-0.2, -0.15) is 0 Å². The van der Waals surface area contributed by atoms with Gasteiger partial charge in [0.25, 0.3) is 5.91 Å². The van der Waals surface area contributed by atoms with Crippen LogP contribution < -0.4 is 10.6 Å². The zero-order valence-electron chi connectivity index (χ0n) is 13.0. The lowest BCUT2D eigenvalue weighted by Gasteiger charge is -2.14. The lowest BCUT2D eigenvalue weighted by atomic mass is 10.1. The van der Waals surface area contributed by atoms with Crippen molar-refractivity contribution in [3.8, 4) is 0 Å². The average Bonchev–Trinajstić information content (AvgIpc) is 3.18. The number of benzene rings is 1. The third-order valence-corrected chi connectivity index (χ3v) is 4.38. The molecule has 1 atom stereocenters. The Balaban J connectivity index is 1.54. The number of nitrogens with zero attached hydrogens (tertiary/aromatic N) is 1. The predicted octanol–water partition coefficient (Wildman–Crippen LogP) is 0.817. The number of nitrogens with one attached hydrogen (secondary N) is 2. The Bertz CT molecular complexity index is 590. The van der Waals surface area contributed by atoms with E-state index in [2.05, 4.69) is 10.6 Å². The molecular weight excluding hydrogens is 294 g/mol. The Kier molecular flexibility index (Phi) is 4.71. The molecule has 2 N–H and O–H groups in total. The molecule has 0 aliphatic carbocycles. The van der Waals surface area contributed by atoms with Gasteiger partial charge < -0.3 is 10.6 Å². The summed E-state index contributed by atoms with van der Waals surface area (Å²) in [5.41, 5.74) is 1.44. The zero-order chi connectivity index (χ0) is 16.2. The van der Waals surface area contributed by atoms with Crippen molar-refractivity contribution in [3.05, 3.63) is 35.4 Å². The van der Waals surface area contributed by atoms with Gasteiger partial charge in [-0.3, -0.25) is 19.3 Å². The molecule has 1 unspecified atom stereocenters. The van der Waals surface area contributed by atoms with E-state index < -0.39 is 0 Å². The number of imide groups is 1. The molecule has 122 valence electrons. The predicted molar refractivity (Wildman–Crippen MR) is 84.6 cm³/mol. The highest BCUT2D eigenvalue weighted by Gasteiger charge is 2.28. The molecule has 2 aliphatic heterocycles. The summed E-state index contributed by atoms with van der Waals surface area (Å²) in [5, 5.41) is 6.26. The highest BCUT2D eigenvalue weighted by atomic mass is 16.2. The summed E-state index contributed by atoms with van der Waals surface area (Å²) in [5.74, 6) is -0.347. The first-order chi connectivity index (χ1) is 11.1. The number of rotatable bonds is 5. The highest BCUT2D eigenvalue weighted by Crippen LogP contribution is 2.16. The maximum Gasteiger partial charge on any atom is 0.251 e. The van der Waals surface area contributed by atoms with E-state index in [9.17, 15) is 14.4 Å². The molecular formula is C17H21N3O3. The van der Waals surface area contributed by atoms with Crippen molar-refractivity contribution in [1.29, 1.82) is 0 Å². The fraction of sp³-hybridized carbons (Fsp3) is 0.471. The fourth-order valence-electron chi connectivity index (χ4n) is 2.99. The van der Waals surface area contributed by atoms with Crippen molar-refractivity contribution in [2.45, 2.75) is 38.3 Å². The molecule has 0 spiro atoms. The summed E-state index contributed by atoms with van der Waals surface area (Å²) >= 11 is 0. The lowest BCUT2D eigenvalue weighted by Crippen LogP contribution is -2.37. The van der Waals surface area contributed by atoms with Gasteiger partial charge in [-0.05, 0) is 37.1 Å². The van der Waals surface area contributed by atoms with E-state index in [-0.39, 0.29) is 24.3 Å². The number of hydrogen-bond acceptors (Lipinski definition) is 4. The Morgan fingerprint density at radius 2 is 1.87 bits per heavy atom. The summed E-state index contributed by atoms with van der Waals surface area (Å²) in [7, 11) is 0. The van der Waals surface area contributed by atoms with Crippen molar-refractivity contribution in [1.82, 2.24) is 15.5 Å². The molecule has 0 radical (unpaired) electrons. The third-order valence-electron chi connectivity index (χ3n) is 4.38. The van der Waals surface area contributed by atoms with E-state index in [1.165, 1.54) is 4.90 Å². The van der Waals surface area contributed by atoms with Crippen LogP contribution in [0.1, 0.15) is 41.6 Å². The standard InChI is InChI=1S/C17H21N3O3/c21-15-7-8-16(22)20(15)11-12-3-5-13(6-4-12)17(23)19-10-14-2-1-9-18-14/h3-6,14,18H,1-2,7-11H2,(H,19,23). The van der Waals surface area contributed by atoms with Gasteiger partial charge in [0.05, 0.1) is 6.54 Å². The topological polar surface area (TPSA) is 78.5 Å². The average molecular weight is 315 g/mol. The summed E-state index contributed by atoms with van der Waals surface area (Å²) in [6.07, 6.45) is 2.85. The van der Waals surface area contributed by atoms with Gasteiger partial charge in [0, 0.05) is 31.0 Å². The molecule has 2 heterocycles. The van der Waals surface area contributed by atoms with Crippen molar-refractivity contribution in [2.24, 2.45) is 0 Å². The van der Waals surface area contributed by atoms with Crippen LogP contribution in [0.2, 0.25) is 0 Å². The molecule has 2 fully saturated rings. The molecule has 1 aromatic rings. The van der Waals surface area contributed by atoms with Gasteiger partial charge in [0.2, 0.25) is 11.8 Å². The molecule has 23 heavy (non-hydrogen) atoms. The Hall–Kier alpha value is -2.21. The maximum atomic E-state index is 12.1. The van der Waals surface area contributed by atoms with Crippen LogP contribution in [0.3, 0.4) is 0 Å². The molecule has 0 bridgehead atoms. The molecule has 3 amide bonds. The molecule has 0 aromatic heterocycles. The monoisotopic (exact) mass is 315 g/mol. The summed E-state index contributed by atoms with van der Waals surface area (Å²) < 4.78 is 0.